The van der Waals surface area contributed by atoms with Gasteiger partial charge in [0.05, 0.1) is 55.9 Å². The minimum atomic E-state index is -0.452. The first kappa shape index (κ1) is 31.1. The Labute approximate surface area is 241 Å². The van der Waals surface area contributed by atoms with Gasteiger partial charge in [0.1, 0.15) is 6.17 Å². The topological polar surface area (TPSA) is 118 Å². The summed E-state index contributed by atoms with van der Waals surface area (Å²) in [7, 11) is 5.37. The molecule has 0 radical (unpaired) electrons. The van der Waals surface area contributed by atoms with Crippen molar-refractivity contribution in [3.05, 3.63) is 0 Å². The van der Waals surface area contributed by atoms with E-state index in [1.54, 1.807) is 14.2 Å². The molecule has 0 amide bonds. The van der Waals surface area contributed by atoms with Gasteiger partial charge in [0.15, 0.2) is 0 Å². The van der Waals surface area contributed by atoms with Crippen LogP contribution in [0.2, 0.25) is 0 Å². The van der Waals surface area contributed by atoms with Crippen molar-refractivity contribution in [3.8, 4) is 0 Å². The summed E-state index contributed by atoms with van der Waals surface area (Å²) >= 11 is 0. The summed E-state index contributed by atoms with van der Waals surface area (Å²) in [5.74, 6) is 0.994. The Morgan fingerprint density at radius 1 is 0.850 bits per heavy atom. The van der Waals surface area contributed by atoms with Gasteiger partial charge in [0.25, 0.3) is 0 Å². The molecule has 13 atom stereocenters. The molecule has 8 unspecified atom stereocenters. The van der Waals surface area contributed by atoms with Crippen molar-refractivity contribution in [1.82, 2.24) is 0 Å². The second-order valence-electron chi connectivity index (χ2n) is 13.3. The van der Waals surface area contributed by atoms with Crippen LogP contribution in [0.5, 0.6) is 0 Å². The molecule has 3 heterocycles. The van der Waals surface area contributed by atoms with Gasteiger partial charge in [-0.2, -0.15) is 0 Å². The number of quaternary nitrogens is 1. The average Bonchev–Trinajstić information content (AvgIpc) is 2.97. The zero-order valence-corrected chi connectivity index (χ0v) is 25.2. The van der Waals surface area contributed by atoms with Crippen molar-refractivity contribution in [2.24, 2.45) is 35.3 Å². The molecule has 3 saturated heterocycles. The molecular weight excluding hydrogens is 512 g/mol. The fraction of sp³-hybridized carbons (Fsp3) is 1.00. The molecule has 9 heteroatoms. The third-order valence-electron chi connectivity index (χ3n) is 11.0. The van der Waals surface area contributed by atoms with Crippen molar-refractivity contribution in [2.75, 3.05) is 47.7 Å². The van der Waals surface area contributed by atoms with Gasteiger partial charge < -0.3 is 38.8 Å². The number of ether oxygens (including phenoxy) is 6. The van der Waals surface area contributed by atoms with Gasteiger partial charge >= 0.3 is 0 Å². The minimum Gasteiger partial charge on any atom is -0.392 e. The van der Waals surface area contributed by atoms with Crippen LogP contribution in [0.4, 0.5) is 0 Å². The zero-order valence-electron chi connectivity index (χ0n) is 25.2. The van der Waals surface area contributed by atoms with E-state index in [0.29, 0.717) is 19.1 Å². The van der Waals surface area contributed by atoms with Crippen LogP contribution in [0.3, 0.4) is 0 Å². The van der Waals surface area contributed by atoms with Gasteiger partial charge in [-0.05, 0) is 70.1 Å². The highest BCUT2D eigenvalue weighted by Gasteiger charge is 2.55. The van der Waals surface area contributed by atoms with E-state index in [-0.39, 0.29) is 66.5 Å². The first-order valence-corrected chi connectivity index (χ1v) is 16.2. The summed E-state index contributed by atoms with van der Waals surface area (Å²) in [5, 5.41) is 14.2. The van der Waals surface area contributed by atoms with Crippen molar-refractivity contribution in [1.29, 1.82) is 0 Å². The first-order valence-electron chi connectivity index (χ1n) is 16.2. The summed E-state index contributed by atoms with van der Waals surface area (Å²) in [6.07, 6.45) is 11.4. The molecule has 232 valence electrons. The Kier molecular flexibility index (Phi) is 11.6. The van der Waals surface area contributed by atoms with Crippen LogP contribution < -0.4 is 11.1 Å². The SMILES string of the molecule is COCCC[C@@H]1OC2CCC(OC)CC2[C@H](OCCC2CC[NH2+]C(N)C2)[C@@H]1[C@@H]1COC2CCC(OC)CC2[C@H]1O. The molecule has 0 bridgehead atoms. The monoisotopic (exact) mass is 569 g/mol. The lowest BCUT2D eigenvalue weighted by molar-refractivity contribution is -0.699. The van der Waals surface area contributed by atoms with Gasteiger partial charge in [-0.15, -0.1) is 0 Å². The van der Waals surface area contributed by atoms with E-state index in [4.69, 9.17) is 34.2 Å². The summed E-state index contributed by atoms with van der Waals surface area (Å²) in [6, 6.07) is 0. The second-order valence-corrected chi connectivity index (χ2v) is 13.3. The lowest BCUT2D eigenvalue weighted by Gasteiger charge is -2.55. The molecule has 0 aromatic carbocycles. The predicted octanol–water partition coefficient (Wildman–Crippen LogP) is 1.84. The molecule has 2 aliphatic carbocycles. The molecule has 0 spiro atoms. The molecule has 9 nitrogen and oxygen atoms in total. The molecule has 5 rings (SSSR count). The van der Waals surface area contributed by atoms with E-state index in [2.05, 4.69) is 5.32 Å². The molecule has 0 aromatic heterocycles. The average molecular weight is 570 g/mol. The fourth-order valence-electron chi connectivity index (χ4n) is 8.81. The van der Waals surface area contributed by atoms with Crippen LogP contribution in [0.1, 0.15) is 70.6 Å². The van der Waals surface area contributed by atoms with Gasteiger partial charge in [-0.1, -0.05) is 0 Å². The second kappa shape index (κ2) is 14.9. The highest BCUT2D eigenvalue weighted by Crippen LogP contribution is 2.49. The van der Waals surface area contributed by atoms with Gasteiger partial charge in [-0.25, -0.2) is 0 Å². The summed E-state index contributed by atoms with van der Waals surface area (Å²) in [5.41, 5.74) is 6.25. The Balaban J connectivity index is 1.37. The maximum absolute atomic E-state index is 12.0. The molecule has 5 aliphatic rings. The van der Waals surface area contributed by atoms with E-state index in [0.717, 1.165) is 77.4 Å². The van der Waals surface area contributed by atoms with E-state index in [1.807, 2.05) is 7.11 Å². The smallest absolute Gasteiger partial charge is 0.137 e. The van der Waals surface area contributed by atoms with Crippen LogP contribution in [-0.2, 0) is 28.4 Å². The molecule has 5 N–H and O–H groups in total. The van der Waals surface area contributed by atoms with Gasteiger partial charge in [0.2, 0.25) is 0 Å². The van der Waals surface area contributed by atoms with Crippen molar-refractivity contribution in [3.63, 3.8) is 0 Å². The molecule has 5 fully saturated rings. The van der Waals surface area contributed by atoms with Crippen LogP contribution in [-0.4, -0.2) is 102 Å². The Bertz CT molecular complexity index is 761. The van der Waals surface area contributed by atoms with Crippen LogP contribution >= 0.6 is 0 Å². The van der Waals surface area contributed by atoms with Crippen LogP contribution in [0, 0.1) is 29.6 Å². The summed E-state index contributed by atoms with van der Waals surface area (Å²) in [4.78, 5) is 0. The number of piperidine rings is 1. The third kappa shape index (κ3) is 7.22. The highest BCUT2D eigenvalue weighted by atomic mass is 16.5. The fourth-order valence-corrected chi connectivity index (χ4v) is 8.81. The minimum absolute atomic E-state index is 0.00897. The number of methoxy groups -OCH3 is 3. The van der Waals surface area contributed by atoms with E-state index < -0.39 is 6.10 Å². The van der Waals surface area contributed by atoms with Crippen LogP contribution in [0.15, 0.2) is 0 Å². The Morgan fingerprint density at radius 2 is 1.60 bits per heavy atom. The van der Waals surface area contributed by atoms with E-state index in [9.17, 15) is 5.11 Å². The number of hydrogen-bond donors (Lipinski definition) is 3. The van der Waals surface area contributed by atoms with Gasteiger partial charge in [0, 0.05) is 64.6 Å². The largest absolute Gasteiger partial charge is 0.392 e. The molecule has 3 aliphatic heterocycles. The molecule has 0 aromatic rings. The van der Waals surface area contributed by atoms with Crippen molar-refractivity contribution >= 4 is 0 Å². The number of rotatable bonds is 11. The van der Waals surface area contributed by atoms with Crippen molar-refractivity contribution in [2.45, 2.75) is 120 Å². The zero-order chi connectivity index (χ0) is 28.1. The standard InChI is InChI=1S/C31H56N2O7/c1-35-13-4-5-27-29(24-18-39-25-8-6-20(36-2)16-22(25)30(24)34)31(23-17-21(37-3)7-9-26(23)40-27)38-14-11-19-10-12-33-28(32)15-19/h19-31,33-34H,4-18,32H2,1-3H3/p+1/t19?,20?,21?,22?,23?,24-,25?,26?,27-,28?,29+,30+,31-/m0/s1. The van der Waals surface area contributed by atoms with Crippen molar-refractivity contribution < 1.29 is 38.8 Å². The van der Waals surface area contributed by atoms with E-state index in [1.165, 1.54) is 6.42 Å². The Hall–Kier alpha value is -0.360. The van der Waals surface area contributed by atoms with Gasteiger partial charge in [-0.3, -0.25) is 5.73 Å². The Morgan fingerprint density at radius 3 is 2.33 bits per heavy atom. The maximum Gasteiger partial charge on any atom is 0.137 e. The summed E-state index contributed by atoms with van der Waals surface area (Å²) < 4.78 is 37.5. The number of aliphatic hydroxyl groups is 1. The number of nitrogens with two attached hydrogens (primary N) is 2. The third-order valence-corrected chi connectivity index (χ3v) is 11.0. The summed E-state index contributed by atoms with van der Waals surface area (Å²) in [6.45, 7) is 3.10. The maximum atomic E-state index is 12.0. The predicted molar refractivity (Wildman–Crippen MR) is 151 cm³/mol. The molecule has 2 saturated carbocycles. The number of hydrogen-bond acceptors (Lipinski definition) is 8. The highest BCUT2D eigenvalue weighted by molar-refractivity contribution is 5.03. The number of aliphatic hydroxyl groups excluding tert-OH is 1. The first-order chi connectivity index (χ1) is 19.5. The lowest BCUT2D eigenvalue weighted by Crippen LogP contribution is -2.94. The molecule has 40 heavy (non-hydrogen) atoms. The van der Waals surface area contributed by atoms with Crippen LogP contribution in [0.25, 0.3) is 0 Å². The lowest BCUT2D eigenvalue weighted by atomic mass is 9.64. The number of fused-ring (bicyclic) bond motifs is 2. The van der Waals surface area contributed by atoms with E-state index >= 15 is 0 Å². The normalized spacial score (nSPS) is 46.0. The quantitative estimate of drug-likeness (QED) is 0.323. The molecular formula is C31H57N2O7+.